The fraction of sp³-hybridized carbons (Fsp3) is 0.462. The SMILES string of the molecule is CN(C)Cc1cc(C(C)(C)C=O)ccc1O. The molecular formula is C13H19NO2. The molecule has 3 heteroatoms. The Morgan fingerprint density at radius 1 is 1.38 bits per heavy atom. The van der Waals surface area contributed by atoms with Crippen molar-refractivity contribution in [3.63, 3.8) is 0 Å². The van der Waals surface area contributed by atoms with Crippen LogP contribution < -0.4 is 0 Å². The molecule has 0 bridgehead atoms. The lowest BCUT2D eigenvalue weighted by Crippen LogP contribution is -2.19. The summed E-state index contributed by atoms with van der Waals surface area (Å²) in [6.07, 6.45) is 0.929. The summed E-state index contributed by atoms with van der Waals surface area (Å²) in [6, 6.07) is 5.34. The third-order valence-electron chi connectivity index (χ3n) is 2.60. The van der Waals surface area contributed by atoms with E-state index in [1.54, 1.807) is 12.1 Å². The molecule has 0 saturated carbocycles. The van der Waals surface area contributed by atoms with Gasteiger partial charge in [-0.1, -0.05) is 6.07 Å². The Morgan fingerprint density at radius 3 is 2.50 bits per heavy atom. The molecule has 1 N–H and O–H groups in total. The Labute approximate surface area is 96.7 Å². The van der Waals surface area contributed by atoms with E-state index in [0.717, 1.165) is 17.4 Å². The van der Waals surface area contributed by atoms with E-state index in [0.29, 0.717) is 6.54 Å². The van der Waals surface area contributed by atoms with Crippen molar-refractivity contribution in [2.45, 2.75) is 25.8 Å². The van der Waals surface area contributed by atoms with Gasteiger partial charge in [0.15, 0.2) is 0 Å². The predicted octanol–water partition coefficient (Wildman–Crippen LogP) is 1.93. The maximum Gasteiger partial charge on any atom is 0.129 e. The van der Waals surface area contributed by atoms with Crippen molar-refractivity contribution in [3.05, 3.63) is 29.3 Å². The number of hydrogen-bond acceptors (Lipinski definition) is 3. The van der Waals surface area contributed by atoms with Crippen LogP contribution >= 0.6 is 0 Å². The first-order chi connectivity index (χ1) is 7.36. The summed E-state index contributed by atoms with van der Waals surface area (Å²) in [6.45, 7) is 4.40. The van der Waals surface area contributed by atoms with Gasteiger partial charge in [0.2, 0.25) is 0 Å². The fourth-order valence-electron chi connectivity index (χ4n) is 1.52. The van der Waals surface area contributed by atoms with Crippen LogP contribution in [0.25, 0.3) is 0 Å². The zero-order valence-corrected chi connectivity index (χ0v) is 10.3. The van der Waals surface area contributed by atoms with E-state index in [1.807, 2.05) is 38.9 Å². The Hall–Kier alpha value is -1.35. The largest absolute Gasteiger partial charge is 0.508 e. The standard InChI is InChI=1S/C13H19NO2/c1-13(2,9-15)11-5-6-12(16)10(7-11)8-14(3)4/h5-7,9,16H,8H2,1-4H3. The number of rotatable bonds is 4. The number of phenols is 1. The predicted molar refractivity (Wildman–Crippen MR) is 64.6 cm³/mol. The lowest BCUT2D eigenvalue weighted by molar-refractivity contribution is -0.111. The summed E-state index contributed by atoms with van der Waals surface area (Å²) in [5.74, 6) is 0.277. The van der Waals surface area contributed by atoms with Crippen molar-refractivity contribution in [2.75, 3.05) is 14.1 Å². The monoisotopic (exact) mass is 221 g/mol. The highest BCUT2D eigenvalue weighted by atomic mass is 16.3. The van der Waals surface area contributed by atoms with Gasteiger partial charge in [-0.3, -0.25) is 0 Å². The second-order valence-corrected chi connectivity index (χ2v) is 4.92. The summed E-state index contributed by atoms with van der Waals surface area (Å²) < 4.78 is 0. The normalized spacial score (nSPS) is 11.8. The Kier molecular flexibility index (Phi) is 3.70. The lowest BCUT2D eigenvalue weighted by Gasteiger charge is -2.20. The summed E-state index contributed by atoms with van der Waals surface area (Å²) in [5.41, 5.74) is 1.27. The molecule has 16 heavy (non-hydrogen) atoms. The molecule has 0 saturated heterocycles. The fourth-order valence-corrected chi connectivity index (χ4v) is 1.52. The molecule has 0 aliphatic carbocycles. The number of phenolic OH excluding ortho intramolecular Hbond substituents is 1. The van der Waals surface area contributed by atoms with Crippen molar-refractivity contribution in [1.82, 2.24) is 4.90 Å². The van der Waals surface area contributed by atoms with Crippen LogP contribution in [0.4, 0.5) is 0 Å². The number of aromatic hydroxyl groups is 1. The van der Waals surface area contributed by atoms with E-state index in [4.69, 9.17) is 0 Å². The van der Waals surface area contributed by atoms with E-state index in [-0.39, 0.29) is 5.75 Å². The summed E-state index contributed by atoms with van der Waals surface area (Å²) in [7, 11) is 3.88. The van der Waals surface area contributed by atoms with Crippen molar-refractivity contribution in [1.29, 1.82) is 0 Å². The third-order valence-corrected chi connectivity index (χ3v) is 2.60. The second kappa shape index (κ2) is 4.66. The molecule has 0 amide bonds. The highest BCUT2D eigenvalue weighted by Gasteiger charge is 2.20. The number of benzene rings is 1. The van der Waals surface area contributed by atoms with Crippen molar-refractivity contribution >= 4 is 6.29 Å². The zero-order chi connectivity index (χ0) is 12.3. The molecule has 0 radical (unpaired) electrons. The van der Waals surface area contributed by atoms with E-state index in [9.17, 15) is 9.90 Å². The quantitative estimate of drug-likeness (QED) is 0.790. The van der Waals surface area contributed by atoms with Crippen molar-refractivity contribution < 1.29 is 9.90 Å². The Morgan fingerprint density at radius 2 is 2.00 bits per heavy atom. The van der Waals surface area contributed by atoms with Crippen LogP contribution in [0.15, 0.2) is 18.2 Å². The Bertz CT molecular complexity index is 384. The van der Waals surface area contributed by atoms with Gasteiger partial charge in [-0.15, -0.1) is 0 Å². The van der Waals surface area contributed by atoms with Gasteiger partial charge < -0.3 is 14.8 Å². The Balaban J connectivity index is 3.12. The molecule has 1 aromatic carbocycles. The number of carbonyl (C=O) groups excluding carboxylic acids is 1. The molecule has 0 unspecified atom stereocenters. The zero-order valence-electron chi connectivity index (χ0n) is 10.3. The van der Waals surface area contributed by atoms with Crippen LogP contribution in [-0.4, -0.2) is 30.4 Å². The molecule has 0 aliphatic rings. The minimum absolute atomic E-state index is 0.277. The highest BCUT2D eigenvalue weighted by molar-refractivity contribution is 5.67. The van der Waals surface area contributed by atoms with Crippen LogP contribution in [0.2, 0.25) is 0 Å². The molecule has 88 valence electrons. The van der Waals surface area contributed by atoms with E-state index < -0.39 is 5.41 Å². The maximum absolute atomic E-state index is 11.0. The first kappa shape index (κ1) is 12.7. The minimum atomic E-state index is -0.505. The lowest BCUT2D eigenvalue weighted by atomic mass is 9.85. The second-order valence-electron chi connectivity index (χ2n) is 4.92. The van der Waals surface area contributed by atoms with E-state index in [1.165, 1.54) is 0 Å². The number of hydrogen-bond donors (Lipinski definition) is 1. The van der Waals surface area contributed by atoms with Crippen LogP contribution in [0.1, 0.15) is 25.0 Å². The van der Waals surface area contributed by atoms with Gasteiger partial charge in [0.25, 0.3) is 0 Å². The van der Waals surface area contributed by atoms with E-state index in [2.05, 4.69) is 0 Å². The number of carbonyl (C=O) groups is 1. The average molecular weight is 221 g/mol. The van der Waals surface area contributed by atoms with Crippen LogP contribution in [0, 0.1) is 0 Å². The maximum atomic E-state index is 11.0. The summed E-state index contributed by atoms with van der Waals surface area (Å²) >= 11 is 0. The third kappa shape index (κ3) is 2.83. The van der Waals surface area contributed by atoms with Gasteiger partial charge >= 0.3 is 0 Å². The smallest absolute Gasteiger partial charge is 0.129 e. The number of nitrogens with zero attached hydrogens (tertiary/aromatic N) is 1. The van der Waals surface area contributed by atoms with Gasteiger partial charge in [0.1, 0.15) is 12.0 Å². The van der Waals surface area contributed by atoms with Crippen molar-refractivity contribution in [3.8, 4) is 5.75 Å². The van der Waals surface area contributed by atoms with Crippen LogP contribution in [0.5, 0.6) is 5.75 Å². The molecule has 1 aromatic rings. The van der Waals surface area contributed by atoms with Crippen molar-refractivity contribution in [2.24, 2.45) is 0 Å². The molecular weight excluding hydrogens is 202 g/mol. The molecule has 0 aliphatic heterocycles. The number of aldehydes is 1. The molecule has 0 aromatic heterocycles. The van der Waals surface area contributed by atoms with Gasteiger partial charge in [-0.2, -0.15) is 0 Å². The van der Waals surface area contributed by atoms with Gasteiger partial charge in [-0.25, -0.2) is 0 Å². The molecule has 0 spiro atoms. The molecule has 3 nitrogen and oxygen atoms in total. The van der Waals surface area contributed by atoms with Gasteiger partial charge in [-0.05, 0) is 45.6 Å². The summed E-state index contributed by atoms with van der Waals surface area (Å²) in [4.78, 5) is 13.0. The minimum Gasteiger partial charge on any atom is -0.508 e. The van der Waals surface area contributed by atoms with Gasteiger partial charge in [0, 0.05) is 17.5 Å². The van der Waals surface area contributed by atoms with Gasteiger partial charge in [0.05, 0.1) is 0 Å². The average Bonchev–Trinajstić information content (AvgIpc) is 2.20. The van der Waals surface area contributed by atoms with E-state index >= 15 is 0 Å². The molecule has 1 rings (SSSR count). The first-order valence-electron chi connectivity index (χ1n) is 5.30. The molecule has 0 fully saturated rings. The van der Waals surface area contributed by atoms with Crippen LogP contribution in [0.3, 0.4) is 0 Å². The molecule has 0 atom stereocenters. The van der Waals surface area contributed by atoms with Crippen LogP contribution in [-0.2, 0) is 16.8 Å². The summed E-state index contributed by atoms with van der Waals surface area (Å²) in [5, 5.41) is 9.71. The highest BCUT2D eigenvalue weighted by Crippen LogP contribution is 2.26. The molecule has 0 heterocycles. The topological polar surface area (TPSA) is 40.5 Å². The first-order valence-corrected chi connectivity index (χ1v) is 5.30.